The molecule has 0 unspecified atom stereocenters. The Labute approximate surface area is 161 Å². The van der Waals surface area contributed by atoms with Crippen LogP contribution in [0.3, 0.4) is 0 Å². The van der Waals surface area contributed by atoms with Crippen LogP contribution < -0.4 is 4.90 Å². The fourth-order valence-corrected chi connectivity index (χ4v) is 4.02. The average molecular weight is 373 g/mol. The van der Waals surface area contributed by atoms with Gasteiger partial charge >= 0.3 is 0 Å². The third-order valence-electron chi connectivity index (χ3n) is 5.66. The Morgan fingerprint density at radius 3 is 2.33 bits per heavy atom. The second-order valence-electron chi connectivity index (χ2n) is 7.90. The van der Waals surface area contributed by atoms with E-state index in [-0.39, 0.29) is 0 Å². The van der Waals surface area contributed by atoms with Crippen LogP contribution in [0.25, 0.3) is 5.78 Å². The highest BCUT2D eigenvalue weighted by Crippen LogP contribution is 2.19. The van der Waals surface area contributed by atoms with Gasteiger partial charge in [-0.05, 0) is 26.9 Å². The number of rotatable bonds is 5. The number of hydrogen-bond acceptors (Lipinski definition) is 7. The summed E-state index contributed by atoms with van der Waals surface area (Å²) in [6, 6.07) is 2.14. The van der Waals surface area contributed by atoms with E-state index in [0.717, 1.165) is 82.0 Å². The molecule has 4 heterocycles. The Kier molecular flexibility index (Phi) is 5.56. The lowest BCUT2D eigenvalue weighted by molar-refractivity contribution is 0.125. The van der Waals surface area contributed by atoms with Crippen molar-refractivity contribution in [3.8, 4) is 0 Å². The smallest absolute Gasteiger partial charge is 0.254 e. The summed E-state index contributed by atoms with van der Waals surface area (Å²) in [7, 11) is 2.18. The van der Waals surface area contributed by atoms with Crippen LogP contribution in [0, 0.1) is 6.92 Å². The summed E-state index contributed by atoms with van der Waals surface area (Å²) in [5, 5.41) is 4.83. The minimum absolute atomic E-state index is 0.726. The lowest BCUT2D eigenvalue weighted by Crippen LogP contribution is -2.46. The van der Waals surface area contributed by atoms with Crippen LogP contribution in [0.5, 0.6) is 0 Å². The molecule has 0 spiro atoms. The first-order valence-electron chi connectivity index (χ1n) is 10.2. The number of likely N-dealkylation sites (N-methyl/N-ethyl adjacent to an activating group) is 1. The van der Waals surface area contributed by atoms with Crippen molar-refractivity contribution in [1.29, 1.82) is 0 Å². The molecule has 0 amide bonds. The largest absolute Gasteiger partial charge is 0.354 e. The van der Waals surface area contributed by atoms with Crippen molar-refractivity contribution in [3.63, 3.8) is 0 Å². The predicted octanol–water partition coefficient (Wildman–Crippen LogP) is 0.712. The van der Waals surface area contributed by atoms with Crippen LogP contribution in [0.1, 0.15) is 24.9 Å². The Morgan fingerprint density at radius 1 is 0.926 bits per heavy atom. The van der Waals surface area contributed by atoms with E-state index in [0.29, 0.717) is 0 Å². The summed E-state index contributed by atoms with van der Waals surface area (Å²) < 4.78 is 1.95. The van der Waals surface area contributed by atoms with Crippen LogP contribution in [0.15, 0.2) is 6.07 Å². The summed E-state index contributed by atoms with van der Waals surface area (Å²) in [5.41, 5.74) is 1.00. The molecule has 2 aliphatic heterocycles. The fourth-order valence-electron chi connectivity index (χ4n) is 4.02. The Balaban J connectivity index is 1.50. The van der Waals surface area contributed by atoms with Crippen LogP contribution in [0.2, 0.25) is 0 Å². The van der Waals surface area contributed by atoms with Gasteiger partial charge in [-0.15, -0.1) is 5.10 Å². The van der Waals surface area contributed by atoms with E-state index in [1.54, 1.807) is 0 Å². The molecule has 8 heteroatoms. The average Bonchev–Trinajstić information content (AvgIpc) is 3.05. The van der Waals surface area contributed by atoms with E-state index >= 15 is 0 Å². The summed E-state index contributed by atoms with van der Waals surface area (Å²) in [6.45, 7) is 15.0. The van der Waals surface area contributed by atoms with Gasteiger partial charge in [0.2, 0.25) is 0 Å². The van der Waals surface area contributed by atoms with Crippen LogP contribution in [-0.4, -0.2) is 100 Å². The van der Waals surface area contributed by atoms with Gasteiger partial charge in [-0.1, -0.05) is 6.92 Å². The van der Waals surface area contributed by atoms with Gasteiger partial charge in [-0.2, -0.15) is 9.50 Å². The maximum atomic E-state index is 4.83. The highest BCUT2D eigenvalue weighted by Gasteiger charge is 2.21. The van der Waals surface area contributed by atoms with Gasteiger partial charge in [0, 0.05) is 64.1 Å². The van der Waals surface area contributed by atoms with Gasteiger partial charge < -0.3 is 14.7 Å². The zero-order valence-corrected chi connectivity index (χ0v) is 16.9. The quantitative estimate of drug-likeness (QED) is 0.766. The first kappa shape index (κ1) is 18.6. The van der Waals surface area contributed by atoms with E-state index in [2.05, 4.69) is 44.6 Å². The molecular weight excluding hydrogens is 340 g/mol. The Hall–Kier alpha value is -1.77. The minimum Gasteiger partial charge on any atom is -0.354 e. The molecule has 0 bridgehead atoms. The van der Waals surface area contributed by atoms with E-state index in [4.69, 9.17) is 10.1 Å². The van der Waals surface area contributed by atoms with Crippen molar-refractivity contribution in [2.45, 2.75) is 26.8 Å². The van der Waals surface area contributed by atoms with Crippen molar-refractivity contribution < 1.29 is 0 Å². The van der Waals surface area contributed by atoms with Crippen molar-refractivity contribution in [1.82, 2.24) is 34.3 Å². The SMILES string of the molecule is CCCN1CCN(Cc2nc3nc(C)cc(N4CCN(C)CC4)n3n2)CC1. The molecule has 2 fully saturated rings. The maximum Gasteiger partial charge on any atom is 0.254 e. The zero-order valence-electron chi connectivity index (χ0n) is 16.9. The van der Waals surface area contributed by atoms with Gasteiger partial charge in [-0.3, -0.25) is 4.90 Å². The molecule has 27 heavy (non-hydrogen) atoms. The predicted molar refractivity (Wildman–Crippen MR) is 107 cm³/mol. The lowest BCUT2D eigenvalue weighted by atomic mass is 10.3. The first-order valence-corrected chi connectivity index (χ1v) is 10.2. The molecule has 0 radical (unpaired) electrons. The molecular formula is C19H32N8. The maximum absolute atomic E-state index is 4.83. The number of hydrogen-bond donors (Lipinski definition) is 0. The molecule has 2 saturated heterocycles. The summed E-state index contributed by atoms with van der Waals surface area (Å²) in [6.07, 6.45) is 1.23. The highest BCUT2D eigenvalue weighted by atomic mass is 15.4. The summed E-state index contributed by atoms with van der Waals surface area (Å²) >= 11 is 0. The number of fused-ring (bicyclic) bond motifs is 1. The molecule has 0 aromatic carbocycles. The normalized spacial score (nSPS) is 20.6. The third kappa shape index (κ3) is 4.23. The zero-order chi connectivity index (χ0) is 18.8. The number of aryl methyl sites for hydroxylation is 1. The molecule has 0 N–H and O–H groups in total. The second-order valence-corrected chi connectivity index (χ2v) is 7.90. The van der Waals surface area contributed by atoms with Gasteiger partial charge in [-0.25, -0.2) is 4.98 Å². The van der Waals surface area contributed by atoms with E-state index in [1.165, 1.54) is 13.0 Å². The van der Waals surface area contributed by atoms with Crippen LogP contribution in [0.4, 0.5) is 5.82 Å². The van der Waals surface area contributed by atoms with E-state index < -0.39 is 0 Å². The number of anilines is 1. The Bertz CT molecular complexity index is 756. The van der Waals surface area contributed by atoms with Crippen LogP contribution in [-0.2, 0) is 6.54 Å². The molecule has 0 saturated carbocycles. The topological polar surface area (TPSA) is 56.0 Å². The molecule has 2 aliphatic rings. The third-order valence-corrected chi connectivity index (χ3v) is 5.66. The van der Waals surface area contributed by atoms with Gasteiger partial charge in [0.1, 0.15) is 5.82 Å². The number of aromatic nitrogens is 4. The molecule has 8 nitrogen and oxygen atoms in total. The minimum atomic E-state index is 0.726. The summed E-state index contributed by atoms with van der Waals surface area (Å²) in [5.74, 6) is 2.73. The fraction of sp³-hybridized carbons (Fsp3) is 0.737. The standard InChI is InChI=1S/C19H32N8/c1-4-5-24-8-10-25(11-9-24)15-17-21-19-20-16(2)14-18(27(19)22-17)26-12-6-23(3)7-13-26/h14H,4-13,15H2,1-3H3. The first-order chi connectivity index (χ1) is 13.1. The van der Waals surface area contributed by atoms with Crippen molar-refractivity contribution in [3.05, 3.63) is 17.6 Å². The van der Waals surface area contributed by atoms with Crippen molar-refractivity contribution in [2.75, 3.05) is 70.9 Å². The van der Waals surface area contributed by atoms with E-state index in [9.17, 15) is 0 Å². The Morgan fingerprint density at radius 2 is 1.63 bits per heavy atom. The van der Waals surface area contributed by atoms with Gasteiger partial charge in [0.05, 0.1) is 6.54 Å². The van der Waals surface area contributed by atoms with Crippen molar-refractivity contribution >= 4 is 11.6 Å². The molecule has 0 aliphatic carbocycles. The van der Waals surface area contributed by atoms with Gasteiger partial charge in [0.25, 0.3) is 5.78 Å². The van der Waals surface area contributed by atoms with Gasteiger partial charge in [0.15, 0.2) is 5.82 Å². The monoisotopic (exact) mass is 372 g/mol. The number of nitrogens with zero attached hydrogens (tertiary/aromatic N) is 8. The number of piperazine rings is 2. The molecule has 2 aromatic rings. The summed E-state index contributed by atoms with van der Waals surface area (Å²) in [4.78, 5) is 19.1. The second kappa shape index (κ2) is 8.08. The van der Waals surface area contributed by atoms with E-state index in [1.807, 2.05) is 11.4 Å². The van der Waals surface area contributed by atoms with Crippen LogP contribution >= 0.6 is 0 Å². The molecule has 0 atom stereocenters. The molecule has 148 valence electrons. The highest BCUT2D eigenvalue weighted by molar-refractivity contribution is 5.48. The molecule has 2 aromatic heterocycles. The molecule has 4 rings (SSSR count). The van der Waals surface area contributed by atoms with Crippen molar-refractivity contribution in [2.24, 2.45) is 0 Å². The lowest BCUT2D eigenvalue weighted by Gasteiger charge is -2.34.